The lowest BCUT2D eigenvalue weighted by molar-refractivity contribution is -0.142. The lowest BCUT2D eigenvalue weighted by atomic mass is 9.95. The van der Waals surface area contributed by atoms with Gasteiger partial charge < -0.3 is 14.0 Å². The molecule has 1 aromatic heterocycles. The Bertz CT molecular complexity index is 1150. The van der Waals surface area contributed by atoms with Crippen LogP contribution in [0.4, 0.5) is 4.39 Å². The fourth-order valence-corrected chi connectivity index (χ4v) is 4.31. The van der Waals surface area contributed by atoms with Crippen LogP contribution in [0.3, 0.4) is 0 Å². The van der Waals surface area contributed by atoms with Crippen LogP contribution < -0.4 is 4.74 Å². The van der Waals surface area contributed by atoms with E-state index >= 15 is 0 Å². The number of hydrogen-bond acceptors (Lipinski definition) is 4. The van der Waals surface area contributed by atoms with Gasteiger partial charge in [0, 0.05) is 17.8 Å². The molecule has 5 nitrogen and oxygen atoms in total. The average Bonchev–Trinajstić information content (AvgIpc) is 3.06. The zero-order chi connectivity index (χ0) is 23.4. The number of fused-ring (bicyclic) bond motifs is 1. The van der Waals surface area contributed by atoms with Crippen LogP contribution in [0.5, 0.6) is 5.75 Å². The first kappa shape index (κ1) is 23.5. The van der Waals surface area contributed by atoms with E-state index in [1.165, 1.54) is 24.8 Å². The number of esters is 1. The summed E-state index contributed by atoms with van der Waals surface area (Å²) in [6.45, 7) is 7.93. The highest BCUT2D eigenvalue weighted by atomic mass is 19.1. The molecule has 0 atom stereocenters. The zero-order valence-corrected chi connectivity index (χ0v) is 19.4. The summed E-state index contributed by atoms with van der Waals surface area (Å²) >= 11 is 0. The first-order valence-electron chi connectivity index (χ1n) is 10.9. The number of ketones is 1. The number of ether oxygens (including phenoxy) is 2. The molecule has 0 aliphatic carbocycles. The smallest absolute Gasteiger partial charge is 0.343 e. The van der Waals surface area contributed by atoms with E-state index in [2.05, 4.69) is 18.4 Å². The molecular formula is C26H30FNO4. The van der Waals surface area contributed by atoms with E-state index in [9.17, 15) is 14.0 Å². The fourth-order valence-electron chi connectivity index (χ4n) is 4.31. The molecule has 0 unspecified atom stereocenters. The Morgan fingerprint density at radius 3 is 2.38 bits per heavy atom. The number of aryl methyl sites for hydroxylation is 2. The summed E-state index contributed by atoms with van der Waals surface area (Å²) in [5.74, 6) is -0.334. The number of methoxy groups -OCH3 is 1. The number of hydrogen-bond donors (Lipinski definition) is 0. The van der Waals surface area contributed by atoms with Crippen molar-refractivity contribution >= 4 is 22.7 Å². The third-order valence-electron chi connectivity index (χ3n) is 5.81. The minimum absolute atomic E-state index is 0.0695. The third-order valence-corrected chi connectivity index (χ3v) is 5.81. The molecule has 3 rings (SSSR count). The van der Waals surface area contributed by atoms with Crippen LogP contribution >= 0.6 is 0 Å². The average molecular weight is 440 g/mol. The monoisotopic (exact) mass is 439 g/mol. The van der Waals surface area contributed by atoms with Crippen LogP contribution in [0.25, 0.3) is 10.9 Å². The van der Waals surface area contributed by atoms with Gasteiger partial charge in [-0.1, -0.05) is 32.4 Å². The summed E-state index contributed by atoms with van der Waals surface area (Å²) < 4.78 is 26.2. The van der Waals surface area contributed by atoms with Gasteiger partial charge in [0.05, 0.1) is 18.0 Å². The molecule has 1 heterocycles. The summed E-state index contributed by atoms with van der Waals surface area (Å²) in [6, 6.07) is 8.34. The van der Waals surface area contributed by atoms with Gasteiger partial charge in [-0.3, -0.25) is 4.79 Å². The van der Waals surface area contributed by atoms with E-state index in [0.29, 0.717) is 17.9 Å². The normalized spacial score (nSPS) is 11.1. The Hall–Kier alpha value is -3.15. The summed E-state index contributed by atoms with van der Waals surface area (Å²) in [6.07, 6.45) is 2.58. The second kappa shape index (κ2) is 9.98. The molecule has 0 aliphatic rings. The molecule has 0 saturated heterocycles. The molecule has 0 radical (unpaired) electrons. The second-order valence-corrected chi connectivity index (χ2v) is 7.93. The highest BCUT2D eigenvalue weighted by Crippen LogP contribution is 2.39. The van der Waals surface area contributed by atoms with Crippen molar-refractivity contribution in [2.24, 2.45) is 0 Å². The van der Waals surface area contributed by atoms with Gasteiger partial charge in [0.1, 0.15) is 11.6 Å². The van der Waals surface area contributed by atoms with Gasteiger partial charge in [-0.25, -0.2) is 9.18 Å². The van der Waals surface area contributed by atoms with E-state index in [4.69, 9.17) is 9.47 Å². The highest BCUT2D eigenvalue weighted by molar-refractivity contribution is 6.11. The van der Waals surface area contributed by atoms with Gasteiger partial charge >= 0.3 is 5.97 Å². The highest BCUT2D eigenvalue weighted by Gasteiger charge is 2.25. The molecule has 0 aliphatic heterocycles. The molecule has 0 spiro atoms. The standard InChI is InChI=1S/C26H30FNO4/c1-6-8-21-19(7-2)13-22(32-15-23(30)31-5)25-24(17(4)29)16(3)28(26(21)25)14-18-9-11-20(27)12-10-18/h9-13H,6-8,14-15H2,1-5H3. The van der Waals surface area contributed by atoms with Gasteiger partial charge in [-0.05, 0) is 61.6 Å². The van der Waals surface area contributed by atoms with Crippen LogP contribution in [-0.2, 0) is 28.9 Å². The Morgan fingerprint density at radius 1 is 1.12 bits per heavy atom. The Balaban J connectivity index is 2.33. The molecule has 6 heteroatoms. The van der Waals surface area contributed by atoms with Gasteiger partial charge in [-0.15, -0.1) is 0 Å². The van der Waals surface area contributed by atoms with Gasteiger partial charge in [0.15, 0.2) is 12.4 Å². The number of Topliss-reactive ketones (excluding diaryl/α,β-unsaturated/α-hetero) is 1. The maximum Gasteiger partial charge on any atom is 0.343 e. The summed E-state index contributed by atoms with van der Waals surface area (Å²) in [5, 5.41) is 0.724. The van der Waals surface area contributed by atoms with Crippen molar-refractivity contribution in [2.45, 2.75) is 53.5 Å². The van der Waals surface area contributed by atoms with Crippen molar-refractivity contribution in [1.29, 1.82) is 0 Å². The number of halogens is 1. The molecule has 2 aromatic carbocycles. The van der Waals surface area contributed by atoms with Gasteiger partial charge in [-0.2, -0.15) is 0 Å². The molecule has 0 amide bonds. The number of benzene rings is 2. The number of nitrogens with zero attached hydrogens (tertiary/aromatic N) is 1. The molecule has 0 N–H and O–H groups in total. The summed E-state index contributed by atoms with van der Waals surface area (Å²) in [5.41, 5.74) is 5.58. The molecule has 32 heavy (non-hydrogen) atoms. The van der Waals surface area contributed by atoms with Crippen LogP contribution in [0.1, 0.15) is 59.9 Å². The number of carbonyl (C=O) groups excluding carboxylic acids is 2. The lowest BCUT2D eigenvalue weighted by Crippen LogP contribution is -2.13. The van der Waals surface area contributed by atoms with Crippen molar-refractivity contribution in [3.05, 3.63) is 64.1 Å². The topological polar surface area (TPSA) is 57.5 Å². The van der Waals surface area contributed by atoms with Crippen LogP contribution in [-0.4, -0.2) is 30.0 Å². The lowest BCUT2D eigenvalue weighted by Gasteiger charge is -2.17. The number of rotatable bonds is 9. The molecule has 0 saturated carbocycles. The van der Waals surface area contributed by atoms with Crippen LogP contribution in [0.2, 0.25) is 0 Å². The number of carbonyl (C=O) groups is 2. The molecule has 0 fully saturated rings. The predicted molar refractivity (Wildman–Crippen MR) is 123 cm³/mol. The Labute approximate surface area is 188 Å². The van der Waals surface area contributed by atoms with Crippen molar-refractivity contribution in [2.75, 3.05) is 13.7 Å². The Morgan fingerprint density at radius 2 is 1.81 bits per heavy atom. The second-order valence-electron chi connectivity index (χ2n) is 7.93. The van der Waals surface area contributed by atoms with E-state index in [1.807, 2.05) is 13.0 Å². The van der Waals surface area contributed by atoms with E-state index < -0.39 is 5.97 Å². The van der Waals surface area contributed by atoms with Gasteiger partial charge in [0.25, 0.3) is 0 Å². The minimum Gasteiger partial charge on any atom is -0.481 e. The van der Waals surface area contributed by atoms with Crippen molar-refractivity contribution in [3.8, 4) is 5.75 Å². The molecule has 3 aromatic rings. The van der Waals surface area contributed by atoms with Crippen LogP contribution in [0.15, 0.2) is 30.3 Å². The van der Waals surface area contributed by atoms with E-state index in [-0.39, 0.29) is 18.2 Å². The van der Waals surface area contributed by atoms with Crippen molar-refractivity contribution in [1.82, 2.24) is 4.57 Å². The number of aromatic nitrogens is 1. The summed E-state index contributed by atoms with van der Waals surface area (Å²) in [4.78, 5) is 24.5. The van der Waals surface area contributed by atoms with Crippen molar-refractivity contribution < 1.29 is 23.5 Å². The molecule has 0 bridgehead atoms. The quantitative estimate of drug-likeness (QED) is 0.331. The fraction of sp³-hybridized carbons (Fsp3) is 0.385. The maximum absolute atomic E-state index is 13.5. The zero-order valence-electron chi connectivity index (χ0n) is 19.4. The first-order valence-corrected chi connectivity index (χ1v) is 10.9. The van der Waals surface area contributed by atoms with Crippen LogP contribution in [0, 0.1) is 12.7 Å². The van der Waals surface area contributed by atoms with Gasteiger partial charge in [0.2, 0.25) is 0 Å². The predicted octanol–water partition coefficient (Wildman–Crippen LogP) is 5.41. The molecule has 170 valence electrons. The third kappa shape index (κ3) is 4.54. The first-order chi connectivity index (χ1) is 15.3. The maximum atomic E-state index is 13.5. The largest absolute Gasteiger partial charge is 0.481 e. The summed E-state index contributed by atoms with van der Waals surface area (Å²) in [7, 11) is 1.31. The minimum atomic E-state index is -0.485. The molecular weight excluding hydrogens is 409 g/mol. The van der Waals surface area contributed by atoms with E-state index in [0.717, 1.165) is 47.0 Å². The Kier molecular flexibility index (Phi) is 7.33. The SMILES string of the molecule is CCCc1c(CC)cc(OCC(=O)OC)c2c(C(C)=O)c(C)n(Cc3ccc(F)cc3)c12. The van der Waals surface area contributed by atoms with Crippen molar-refractivity contribution in [3.63, 3.8) is 0 Å². The van der Waals surface area contributed by atoms with E-state index in [1.54, 1.807) is 19.1 Å².